The number of hydrogen-bond donors (Lipinski definition) is 1. The molecule has 23 heavy (non-hydrogen) atoms. The van der Waals surface area contributed by atoms with E-state index in [2.05, 4.69) is 4.98 Å². The Hall–Kier alpha value is -2.72. The first-order valence-electron chi connectivity index (χ1n) is 7.34. The predicted molar refractivity (Wildman–Crippen MR) is 96.8 cm³/mol. The zero-order valence-electron chi connectivity index (χ0n) is 12.5. The van der Waals surface area contributed by atoms with Crippen LogP contribution in [0, 0.1) is 4.77 Å². The Morgan fingerprint density at radius 1 is 1.00 bits per heavy atom. The summed E-state index contributed by atoms with van der Waals surface area (Å²) in [6.07, 6.45) is 5.86. The van der Waals surface area contributed by atoms with Crippen LogP contribution in [0.5, 0.6) is 0 Å². The van der Waals surface area contributed by atoms with Gasteiger partial charge < -0.3 is 4.98 Å². The van der Waals surface area contributed by atoms with Crippen molar-refractivity contribution in [1.29, 1.82) is 0 Å². The molecule has 0 saturated heterocycles. The molecule has 0 spiro atoms. The van der Waals surface area contributed by atoms with E-state index in [0.29, 0.717) is 16.8 Å². The van der Waals surface area contributed by atoms with Gasteiger partial charge in [-0.3, -0.25) is 9.36 Å². The highest BCUT2D eigenvalue weighted by molar-refractivity contribution is 7.71. The normalized spacial score (nSPS) is 11.0. The van der Waals surface area contributed by atoms with E-state index in [0.717, 1.165) is 11.1 Å². The highest BCUT2D eigenvalue weighted by Gasteiger charge is 2.04. The van der Waals surface area contributed by atoms with Crippen LogP contribution in [0.2, 0.25) is 0 Å². The summed E-state index contributed by atoms with van der Waals surface area (Å²) in [5.74, 6) is 0. The van der Waals surface area contributed by atoms with Crippen LogP contribution >= 0.6 is 12.2 Å². The van der Waals surface area contributed by atoms with E-state index >= 15 is 0 Å². The van der Waals surface area contributed by atoms with Crippen LogP contribution in [0.1, 0.15) is 16.7 Å². The lowest BCUT2D eigenvalue weighted by atomic mass is 10.1. The van der Waals surface area contributed by atoms with E-state index in [1.165, 1.54) is 4.57 Å². The molecule has 1 N–H and O–H groups in total. The van der Waals surface area contributed by atoms with E-state index in [-0.39, 0.29) is 5.56 Å². The Morgan fingerprint density at radius 3 is 2.35 bits per heavy atom. The van der Waals surface area contributed by atoms with Gasteiger partial charge in [-0.15, -0.1) is 0 Å². The predicted octanol–water partition coefficient (Wildman–Crippen LogP) is 4.12. The van der Waals surface area contributed by atoms with Gasteiger partial charge in [0, 0.05) is 24.4 Å². The fourth-order valence-corrected chi connectivity index (χ4v) is 2.53. The van der Waals surface area contributed by atoms with Crippen molar-refractivity contribution < 1.29 is 0 Å². The van der Waals surface area contributed by atoms with Crippen LogP contribution in [0.15, 0.2) is 71.7 Å². The summed E-state index contributed by atoms with van der Waals surface area (Å²) in [6.45, 7) is 0. The van der Waals surface area contributed by atoms with Crippen molar-refractivity contribution in [2.75, 3.05) is 0 Å². The topological polar surface area (TPSA) is 37.8 Å². The molecule has 0 bridgehead atoms. The van der Waals surface area contributed by atoms with Crippen molar-refractivity contribution in [1.82, 2.24) is 9.55 Å². The zero-order valence-corrected chi connectivity index (χ0v) is 13.3. The second-order valence-corrected chi connectivity index (χ2v) is 5.57. The van der Waals surface area contributed by atoms with Crippen molar-refractivity contribution in [2.24, 2.45) is 0 Å². The number of aromatic nitrogens is 2. The minimum Gasteiger partial charge on any atom is -0.338 e. The largest absolute Gasteiger partial charge is 0.338 e. The van der Waals surface area contributed by atoms with Crippen molar-refractivity contribution in [3.8, 4) is 0 Å². The second-order valence-electron chi connectivity index (χ2n) is 5.18. The molecule has 1 heterocycles. The molecular formula is C19H16N2OS. The molecule has 2 aromatic carbocycles. The molecule has 0 aliphatic carbocycles. The van der Waals surface area contributed by atoms with Crippen LogP contribution in [0.3, 0.4) is 0 Å². The number of hydrogen-bond acceptors (Lipinski definition) is 2. The molecule has 4 heteroatoms. The lowest BCUT2D eigenvalue weighted by Crippen LogP contribution is -2.21. The summed E-state index contributed by atoms with van der Waals surface area (Å²) in [4.78, 5) is 15.6. The molecule has 0 unspecified atom stereocenters. The molecule has 0 amide bonds. The smallest absolute Gasteiger partial charge is 0.261 e. The second kappa shape index (κ2) is 7.03. The quantitative estimate of drug-likeness (QED) is 0.734. The van der Waals surface area contributed by atoms with Gasteiger partial charge in [-0.2, -0.15) is 0 Å². The minimum absolute atomic E-state index is 0.0928. The van der Waals surface area contributed by atoms with Gasteiger partial charge in [0.2, 0.25) is 0 Å². The maximum atomic E-state index is 12.6. The third kappa shape index (κ3) is 3.73. The third-order valence-corrected chi connectivity index (χ3v) is 3.85. The number of nitrogens with one attached hydrogen (secondary N) is 1. The maximum absolute atomic E-state index is 12.6. The number of aromatic amines is 1. The molecule has 0 aliphatic heterocycles. The van der Waals surface area contributed by atoms with Crippen LogP contribution < -0.4 is 5.56 Å². The molecule has 0 fully saturated rings. The van der Waals surface area contributed by atoms with Gasteiger partial charge in [-0.1, -0.05) is 60.7 Å². The third-order valence-electron chi connectivity index (χ3n) is 3.54. The molecule has 114 valence electrons. The molecule has 3 aromatic rings. The molecule has 1 aromatic heterocycles. The minimum atomic E-state index is -0.0928. The fourth-order valence-electron chi connectivity index (χ4n) is 2.33. The van der Waals surface area contributed by atoms with Crippen molar-refractivity contribution in [2.45, 2.75) is 6.42 Å². The highest BCUT2D eigenvalue weighted by Crippen LogP contribution is 2.06. The van der Waals surface area contributed by atoms with Crippen LogP contribution in [-0.2, 0) is 6.42 Å². The number of rotatable bonds is 4. The summed E-state index contributed by atoms with van der Waals surface area (Å²) in [7, 11) is 0. The summed E-state index contributed by atoms with van der Waals surface area (Å²) in [5, 5.41) is 0. The first kappa shape index (κ1) is 15.2. The average molecular weight is 320 g/mol. The maximum Gasteiger partial charge on any atom is 0.261 e. The lowest BCUT2D eigenvalue weighted by Gasteiger charge is -2.05. The van der Waals surface area contributed by atoms with Crippen molar-refractivity contribution in [3.05, 3.63) is 98.7 Å². The standard InChI is InChI=1S/C19H16N2OS/c22-18-17(13-16-9-5-2-6-10-16)14-20-19(23)21(18)12-11-15-7-3-1-4-8-15/h1-12,14H,13H2,(H,20,23). The van der Waals surface area contributed by atoms with Crippen LogP contribution in [0.25, 0.3) is 12.3 Å². The van der Waals surface area contributed by atoms with Crippen molar-refractivity contribution >= 4 is 24.5 Å². The van der Waals surface area contributed by atoms with Gasteiger partial charge in [0.25, 0.3) is 5.56 Å². The molecule has 0 aliphatic rings. The van der Waals surface area contributed by atoms with Gasteiger partial charge in [-0.25, -0.2) is 0 Å². The lowest BCUT2D eigenvalue weighted by molar-refractivity contribution is 0.920. The summed E-state index contributed by atoms with van der Waals surface area (Å²) < 4.78 is 1.86. The Bertz CT molecular complexity index is 925. The van der Waals surface area contributed by atoms with Gasteiger partial charge in [0.15, 0.2) is 4.77 Å². The van der Waals surface area contributed by atoms with E-state index < -0.39 is 0 Å². The van der Waals surface area contributed by atoms with Crippen LogP contribution in [0.4, 0.5) is 0 Å². The number of nitrogens with zero attached hydrogens (tertiary/aromatic N) is 1. The summed E-state index contributed by atoms with van der Waals surface area (Å²) >= 11 is 5.24. The Labute approximate surface area is 139 Å². The average Bonchev–Trinajstić information content (AvgIpc) is 2.59. The number of benzene rings is 2. The van der Waals surface area contributed by atoms with E-state index in [4.69, 9.17) is 12.2 Å². The zero-order chi connectivity index (χ0) is 16.1. The Kier molecular flexibility index (Phi) is 4.64. The summed E-state index contributed by atoms with van der Waals surface area (Å²) in [5.41, 5.74) is 2.70. The molecule has 3 rings (SSSR count). The van der Waals surface area contributed by atoms with Crippen molar-refractivity contribution in [3.63, 3.8) is 0 Å². The van der Waals surface area contributed by atoms with Gasteiger partial charge in [-0.05, 0) is 29.4 Å². The van der Waals surface area contributed by atoms with E-state index in [1.54, 1.807) is 12.4 Å². The first-order chi connectivity index (χ1) is 11.2. The SMILES string of the molecule is O=c1c(Cc2ccccc2)c[nH]c(=S)n1C=Cc1ccccc1. The molecule has 0 saturated carbocycles. The highest BCUT2D eigenvalue weighted by atomic mass is 32.1. The van der Waals surface area contributed by atoms with Gasteiger partial charge in [0.1, 0.15) is 0 Å². The van der Waals surface area contributed by atoms with E-state index in [9.17, 15) is 4.79 Å². The van der Waals surface area contributed by atoms with Crippen LogP contribution in [-0.4, -0.2) is 9.55 Å². The first-order valence-corrected chi connectivity index (χ1v) is 7.75. The molecule has 0 radical (unpaired) electrons. The molecular weight excluding hydrogens is 304 g/mol. The Morgan fingerprint density at radius 2 is 1.65 bits per heavy atom. The Balaban J connectivity index is 1.95. The monoisotopic (exact) mass is 320 g/mol. The fraction of sp³-hybridized carbons (Fsp3) is 0.0526. The van der Waals surface area contributed by atoms with Gasteiger partial charge in [0.05, 0.1) is 0 Å². The molecule has 0 atom stereocenters. The number of H-pyrrole nitrogens is 1. The van der Waals surface area contributed by atoms with Gasteiger partial charge >= 0.3 is 0 Å². The summed E-state index contributed by atoms with van der Waals surface area (Å²) in [6, 6.07) is 19.7. The van der Waals surface area contributed by atoms with E-state index in [1.807, 2.05) is 66.7 Å². The molecule has 3 nitrogen and oxygen atoms in total.